The molecular weight excluding hydrogens is 311 g/mol. The molecule has 0 saturated heterocycles. The number of aromatic nitrogens is 1. The molecule has 2 aromatic rings. The third kappa shape index (κ3) is 1.57. The number of hydrogen-bond donors (Lipinski definition) is 1. The predicted molar refractivity (Wildman–Crippen MR) is 75.6 cm³/mol. The van der Waals surface area contributed by atoms with Crippen molar-refractivity contribution in [1.82, 2.24) is 4.98 Å². The van der Waals surface area contributed by atoms with Crippen molar-refractivity contribution >= 4 is 39.3 Å². The number of nitrogens with zero attached hydrogens (tertiary/aromatic N) is 1. The van der Waals surface area contributed by atoms with Gasteiger partial charge in [-0.15, -0.1) is 0 Å². The molecular formula is C13H13IN2. The van der Waals surface area contributed by atoms with Gasteiger partial charge in [0.05, 0.1) is 5.52 Å². The lowest BCUT2D eigenvalue weighted by molar-refractivity contribution is 1.11. The average Bonchev–Trinajstić information content (AvgIpc) is 3.04. The Morgan fingerprint density at radius 1 is 1.38 bits per heavy atom. The fraction of sp³-hybridized carbons (Fsp3) is 0.308. The Labute approximate surface area is 108 Å². The zero-order valence-corrected chi connectivity index (χ0v) is 11.3. The van der Waals surface area contributed by atoms with Crippen molar-refractivity contribution in [3.63, 3.8) is 0 Å². The number of nitrogens with two attached hydrogens (primary N) is 1. The van der Waals surface area contributed by atoms with E-state index in [1.807, 2.05) is 0 Å². The largest absolute Gasteiger partial charge is 0.383 e. The van der Waals surface area contributed by atoms with Crippen LogP contribution in [0.15, 0.2) is 18.2 Å². The molecule has 0 radical (unpaired) electrons. The summed E-state index contributed by atoms with van der Waals surface area (Å²) in [5, 5.41) is 1.29. The van der Waals surface area contributed by atoms with E-state index in [1.165, 1.54) is 32.9 Å². The van der Waals surface area contributed by atoms with Crippen LogP contribution in [0.2, 0.25) is 0 Å². The Hall–Kier alpha value is -0.840. The molecule has 16 heavy (non-hydrogen) atoms. The second-order valence-corrected chi connectivity index (χ2v) is 5.72. The molecule has 1 fully saturated rings. The number of benzene rings is 1. The molecule has 1 aliphatic carbocycles. The zero-order valence-electron chi connectivity index (χ0n) is 9.13. The summed E-state index contributed by atoms with van der Waals surface area (Å²) in [6.07, 6.45) is 2.59. The van der Waals surface area contributed by atoms with Crippen LogP contribution in [0.5, 0.6) is 0 Å². The smallest absolute Gasteiger partial charge is 0.127 e. The number of nitrogen functional groups attached to an aromatic ring is 1. The van der Waals surface area contributed by atoms with Gasteiger partial charge in [0.25, 0.3) is 0 Å². The van der Waals surface area contributed by atoms with Crippen LogP contribution < -0.4 is 5.73 Å². The summed E-state index contributed by atoms with van der Waals surface area (Å²) in [5.74, 6) is 1.41. The molecule has 1 aromatic carbocycles. The molecule has 0 bridgehead atoms. The molecule has 3 rings (SSSR count). The Bertz CT molecular complexity index is 574. The van der Waals surface area contributed by atoms with E-state index < -0.39 is 0 Å². The minimum atomic E-state index is 0.691. The average molecular weight is 324 g/mol. The lowest BCUT2D eigenvalue weighted by Gasteiger charge is -2.11. The van der Waals surface area contributed by atoms with Crippen molar-refractivity contribution in [2.45, 2.75) is 25.7 Å². The summed E-state index contributed by atoms with van der Waals surface area (Å²) < 4.78 is 1.21. The van der Waals surface area contributed by atoms with Gasteiger partial charge < -0.3 is 5.73 Å². The Balaban J connectivity index is 2.38. The molecule has 1 saturated carbocycles. The van der Waals surface area contributed by atoms with E-state index in [2.05, 4.69) is 52.7 Å². The summed E-state index contributed by atoms with van der Waals surface area (Å²) in [6, 6.07) is 6.44. The van der Waals surface area contributed by atoms with E-state index in [-0.39, 0.29) is 0 Å². The van der Waals surface area contributed by atoms with E-state index in [9.17, 15) is 0 Å². The third-order valence-corrected chi connectivity index (χ3v) is 3.94. The summed E-state index contributed by atoms with van der Waals surface area (Å²) in [5.41, 5.74) is 9.63. The van der Waals surface area contributed by atoms with Crippen LogP contribution in [0.25, 0.3) is 10.9 Å². The number of rotatable bonds is 1. The first-order chi connectivity index (χ1) is 7.66. The summed E-state index contributed by atoms with van der Waals surface area (Å²) >= 11 is 2.31. The van der Waals surface area contributed by atoms with E-state index in [0.29, 0.717) is 11.7 Å². The molecule has 0 spiro atoms. The maximum Gasteiger partial charge on any atom is 0.127 e. The first kappa shape index (κ1) is 10.3. The van der Waals surface area contributed by atoms with Crippen molar-refractivity contribution in [3.05, 3.63) is 32.9 Å². The lowest BCUT2D eigenvalue weighted by Crippen LogP contribution is -2.00. The maximum absolute atomic E-state index is 5.99. The van der Waals surface area contributed by atoms with Crippen LogP contribution in [0.4, 0.5) is 5.82 Å². The van der Waals surface area contributed by atoms with E-state index in [0.717, 1.165) is 5.52 Å². The van der Waals surface area contributed by atoms with Gasteiger partial charge in [0.2, 0.25) is 0 Å². The van der Waals surface area contributed by atoms with Gasteiger partial charge in [0, 0.05) is 8.96 Å². The van der Waals surface area contributed by atoms with Gasteiger partial charge in [0.1, 0.15) is 5.82 Å². The predicted octanol–water partition coefficient (Wildman–Crippen LogP) is 3.61. The van der Waals surface area contributed by atoms with E-state index in [1.54, 1.807) is 0 Å². The summed E-state index contributed by atoms with van der Waals surface area (Å²) in [6.45, 7) is 2.09. The van der Waals surface area contributed by atoms with Gasteiger partial charge in [-0.25, -0.2) is 4.98 Å². The van der Waals surface area contributed by atoms with Crippen molar-refractivity contribution in [1.29, 1.82) is 0 Å². The van der Waals surface area contributed by atoms with Crippen molar-refractivity contribution in [2.75, 3.05) is 5.73 Å². The fourth-order valence-electron chi connectivity index (χ4n) is 2.28. The van der Waals surface area contributed by atoms with Crippen molar-refractivity contribution in [2.24, 2.45) is 0 Å². The highest BCUT2D eigenvalue weighted by Gasteiger charge is 2.28. The molecule has 0 aliphatic heterocycles. The molecule has 0 atom stereocenters. The SMILES string of the molecule is Cc1c(N)nc2cc(I)ccc2c1C1CC1. The minimum absolute atomic E-state index is 0.691. The van der Waals surface area contributed by atoms with Crippen LogP contribution in [-0.2, 0) is 0 Å². The highest BCUT2D eigenvalue weighted by atomic mass is 127. The first-order valence-electron chi connectivity index (χ1n) is 5.52. The van der Waals surface area contributed by atoms with Gasteiger partial charge in [0.15, 0.2) is 0 Å². The Kier molecular flexibility index (Phi) is 2.31. The van der Waals surface area contributed by atoms with Crippen LogP contribution in [0.1, 0.15) is 29.9 Å². The lowest BCUT2D eigenvalue weighted by atomic mass is 9.99. The normalized spacial score (nSPS) is 15.6. The molecule has 0 amide bonds. The van der Waals surface area contributed by atoms with Crippen LogP contribution in [0.3, 0.4) is 0 Å². The van der Waals surface area contributed by atoms with Gasteiger partial charge in [-0.05, 0) is 71.5 Å². The highest BCUT2D eigenvalue weighted by molar-refractivity contribution is 14.1. The molecule has 1 heterocycles. The number of hydrogen-bond acceptors (Lipinski definition) is 2. The maximum atomic E-state index is 5.99. The second-order valence-electron chi connectivity index (χ2n) is 4.47. The molecule has 2 nitrogen and oxygen atoms in total. The third-order valence-electron chi connectivity index (χ3n) is 3.26. The number of fused-ring (bicyclic) bond motifs is 1. The highest BCUT2D eigenvalue weighted by Crippen LogP contribution is 2.45. The molecule has 3 heteroatoms. The first-order valence-corrected chi connectivity index (χ1v) is 6.60. The van der Waals surface area contributed by atoms with Gasteiger partial charge in [-0.2, -0.15) is 0 Å². The van der Waals surface area contributed by atoms with Crippen molar-refractivity contribution in [3.8, 4) is 0 Å². The standard InChI is InChI=1S/C13H13IN2/c1-7-12(8-2-3-8)10-5-4-9(14)6-11(10)16-13(7)15/h4-6,8H,2-3H2,1H3,(H2,15,16). The monoisotopic (exact) mass is 324 g/mol. The Morgan fingerprint density at radius 2 is 2.12 bits per heavy atom. The number of pyridine rings is 1. The van der Waals surface area contributed by atoms with Crippen LogP contribution in [-0.4, -0.2) is 4.98 Å². The zero-order chi connectivity index (χ0) is 11.3. The van der Waals surface area contributed by atoms with E-state index >= 15 is 0 Å². The second kappa shape index (κ2) is 3.58. The van der Waals surface area contributed by atoms with Crippen molar-refractivity contribution < 1.29 is 0 Å². The molecule has 82 valence electrons. The summed E-state index contributed by atoms with van der Waals surface area (Å²) in [7, 11) is 0. The van der Waals surface area contributed by atoms with Crippen LogP contribution >= 0.6 is 22.6 Å². The molecule has 1 aliphatic rings. The fourth-order valence-corrected chi connectivity index (χ4v) is 2.75. The van der Waals surface area contributed by atoms with Gasteiger partial charge >= 0.3 is 0 Å². The van der Waals surface area contributed by atoms with Gasteiger partial charge in [-0.1, -0.05) is 6.07 Å². The number of halogens is 1. The summed E-state index contributed by atoms with van der Waals surface area (Å²) in [4.78, 5) is 4.48. The van der Waals surface area contributed by atoms with E-state index in [4.69, 9.17) is 5.73 Å². The van der Waals surface area contributed by atoms with Crippen LogP contribution in [0, 0.1) is 10.5 Å². The molecule has 1 aromatic heterocycles. The number of anilines is 1. The minimum Gasteiger partial charge on any atom is -0.383 e. The Morgan fingerprint density at radius 3 is 2.81 bits per heavy atom. The molecule has 2 N–H and O–H groups in total. The topological polar surface area (TPSA) is 38.9 Å². The van der Waals surface area contributed by atoms with Gasteiger partial charge in [-0.3, -0.25) is 0 Å². The molecule has 0 unspecified atom stereocenters. The quantitative estimate of drug-likeness (QED) is 0.814.